The van der Waals surface area contributed by atoms with E-state index < -0.39 is 40.1 Å². The summed E-state index contributed by atoms with van der Waals surface area (Å²) in [5, 5.41) is 6.67. The molecule has 0 saturated carbocycles. The third-order valence-electron chi connectivity index (χ3n) is 7.00. The molecule has 1 saturated heterocycles. The van der Waals surface area contributed by atoms with Crippen molar-refractivity contribution in [3.05, 3.63) is 59.9 Å². The molecule has 0 amide bonds. The van der Waals surface area contributed by atoms with Crippen molar-refractivity contribution in [1.29, 1.82) is 0 Å². The van der Waals surface area contributed by atoms with Crippen LogP contribution in [0.4, 0.5) is 29.2 Å². The lowest BCUT2D eigenvalue weighted by Gasteiger charge is -2.26. The van der Waals surface area contributed by atoms with Gasteiger partial charge in [-0.25, -0.2) is 40.9 Å². The molecular formula is C29H31F4N7O3S. The molecule has 0 spiro atoms. The maximum Gasteiger partial charge on any atom is 0.246 e. The van der Waals surface area contributed by atoms with Crippen LogP contribution in [0, 0.1) is 19.7 Å². The molecule has 3 heterocycles. The van der Waals surface area contributed by atoms with Gasteiger partial charge in [0.15, 0.2) is 0 Å². The number of nitrogens with one attached hydrogen (secondary N) is 3. The summed E-state index contributed by atoms with van der Waals surface area (Å²) < 4.78 is 89.1. The van der Waals surface area contributed by atoms with Crippen LogP contribution in [0.2, 0.25) is 0 Å². The summed E-state index contributed by atoms with van der Waals surface area (Å²) in [5.41, 5.74) is 1.07. The van der Waals surface area contributed by atoms with Gasteiger partial charge in [-0.3, -0.25) is 4.72 Å². The van der Waals surface area contributed by atoms with Gasteiger partial charge in [0.2, 0.25) is 27.8 Å². The highest BCUT2D eigenvalue weighted by molar-refractivity contribution is 7.92. The van der Waals surface area contributed by atoms with Crippen LogP contribution in [0.3, 0.4) is 0 Å². The van der Waals surface area contributed by atoms with Gasteiger partial charge in [-0.15, -0.1) is 0 Å². The predicted molar refractivity (Wildman–Crippen MR) is 159 cm³/mol. The number of nitrogens with zero attached hydrogens (tertiary/aromatic N) is 4. The van der Waals surface area contributed by atoms with Crippen molar-refractivity contribution >= 4 is 32.4 Å². The van der Waals surface area contributed by atoms with Crippen LogP contribution in [-0.2, 0) is 10.0 Å². The van der Waals surface area contributed by atoms with E-state index in [2.05, 4.69) is 35.3 Å². The zero-order valence-electron chi connectivity index (χ0n) is 24.2. The highest BCUT2D eigenvalue weighted by Gasteiger charge is 2.27. The quantitative estimate of drug-likeness (QED) is 0.193. The van der Waals surface area contributed by atoms with Crippen molar-refractivity contribution in [3.63, 3.8) is 0 Å². The summed E-state index contributed by atoms with van der Waals surface area (Å²) in [4.78, 5) is 17.6. The van der Waals surface area contributed by atoms with E-state index in [1.54, 1.807) is 26.0 Å². The summed E-state index contributed by atoms with van der Waals surface area (Å²) in [6, 6.07) is 7.07. The summed E-state index contributed by atoms with van der Waals surface area (Å²) in [7, 11) is -4.31. The van der Waals surface area contributed by atoms with Gasteiger partial charge in [0, 0.05) is 55.1 Å². The van der Waals surface area contributed by atoms with Crippen molar-refractivity contribution < 1.29 is 30.7 Å². The molecule has 3 N–H and O–H groups in total. The second-order valence-electron chi connectivity index (χ2n) is 10.8. The standard InChI is InChI=1S/C29H31F4N7O3S/c1-16-4-5-20-21(6-7-23(31)25(20)40-44(41,42)11-9-29(3,32)33)26(16)43-27-22(15-36-17(2)37-27)24-8-10-35-28(39-24)38-19-12-18(30)13-34-14-19/h4-8,10,15,18-19,34,40H,9,11-14H2,1-3H3,(H,35,38,39)/t18-,19-/m0/s1. The van der Waals surface area contributed by atoms with E-state index in [1.165, 1.54) is 24.5 Å². The predicted octanol–water partition coefficient (Wildman–Crippen LogP) is 5.53. The first-order valence-electron chi connectivity index (χ1n) is 13.8. The van der Waals surface area contributed by atoms with Gasteiger partial charge >= 0.3 is 0 Å². The summed E-state index contributed by atoms with van der Waals surface area (Å²) >= 11 is 0. The first-order chi connectivity index (χ1) is 20.8. The molecule has 1 aliphatic rings. The van der Waals surface area contributed by atoms with Crippen LogP contribution in [0.1, 0.15) is 31.2 Å². The number of hydrogen-bond acceptors (Lipinski definition) is 9. The SMILES string of the molecule is Cc1ncc(-c2ccnc(N[C@@H]3CNC[C@@H](F)C3)n2)c(Oc2c(C)ccc3c(NS(=O)(=O)CCC(C)(F)F)c(F)ccc23)n1. The molecule has 44 heavy (non-hydrogen) atoms. The molecule has 10 nitrogen and oxygen atoms in total. The summed E-state index contributed by atoms with van der Waals surface area (Å²) in [6.07, 6.45) is 1.48. The lowest BCUT2D eigenvalue weighted by molar-refractivity contribution is 0.0189. The molecule has 0 radical (unpaired) electrons. The average molecular weight is 634 g/mol. The van der Waals surface area contributed by atoms with Crippen molar-refractivity contribution in [2.75, 3.05) is 28.9 Å². The topological polar surface area (TPSA) is 131 Å². The van der Waals surface area contributed by atoms with Crippen LogP contribution in [0.5, 0.6) is 11.6 Å². The number of alkyl halides is 3. The number of rotatable bonds is 10. The average Bonchev–Trinajstić information content (AvgIpc) is 2.95. The number of piperidine rings is 1. The zero-order valence-corrected chi connectivity index (χ0v) is 25.0. The Kier molecular flexibility index (Phi) is 8.88. The molecule has 234 valence electrons. The highest BCUT2D eigenvalue weighted by Crippen LogP contribution is 2.40. The lowest BCUT2D eigenvalue weighted by atomic mass is 10.0. The monoisotopic (exact) mass is 633 g/mol. The van der Waals surface area contributed by atoms with Gasteiger partial charge in [0.05, 0.1) is 22.7 Å². The van der Waals surface area contributed by atoms with Crippen molar-refractivity contribution in [2.45, 2.75) is 51.7 Å². The molecule has 2 aromatic carbocycles. The van der Waals surface area contributed by atoms with Crippen molar-refractivity contribution in [3.8, 4) is 22.9 Å². The minimum Gasteiger partial charge on any atom is -0.437 e. The van der Waals surface area contributed by atoms with Gasteiger partial charge < -0.3 is 15.4 Å². The second-order valence-corrected chi connectivity index (χ2v) is 12.6. The van der Waals surface area contributed by atoms with Gasteiger partial charge in [0.25, 0.3) is 0 Å². The van der Waals surface area contributed by atoms with Crippen molar-refractivity contribution in [1.82, 2.24) is 25.3 Å². The Morgan fingerprint density at radius 3 is 2.59 bits per heavy atom. The van der Waals surface area contributed by atoms with Crippen molar-refractivity contribution in [2.24, 2.45) is 0 Å². The molecule has 0 unspecified atom stereocenters. The number of aromatic nitrogens is 4. The van der Waals surface area contributed by atoms with Gasteiger partial charge in [-0.05, 0) is 44.5 Å². The first kappa shape index (κ1) is 31.3. The van der Waals surface area contributed by atoms with Crippen LogP contribution in [0.15, 0.2) is 42.7 Å². The summed E-state index contributed by atoms with van der Waals surface area (Å²) in [5.74, 6) is -3.93. The third kappa shape index (κ3) is 7.50. The van der Waals surface area contributed by atoms with Crippen LogP contribution in [-0.4, -0.2) is 65.3 Å². The van der Waals surface area contributed by atoms with E-state index in [0.717, 1.165) is 6.07 Å². The second kappa shape index (κ2) is 12.5. The van der Waals surface area contributed by atoms with E-state index in [4.69, 9.17) is 4.74 Å². The Morgan fingerprint density at radius 1 is 1.07 bits per heavy atom. The molecule has 1 aliphatic heterocycles. The number of fused-ring (bicyclic) bond motifs is 1. The molecule has 4 aromatic rings. The van der Waals surface area contributed by atoms with E-state index in [-0.39, 0.29) is 34.7 Å². The van der Waals surface area contributed by atoms with E-state index >= 15 is 0 Å². The maximum absolute atomic E-state index is 15.0. The Morgan fingerprint density at radius 2 is 1.84 bits per heavy atom. The Balaban J connectivity index is 1.50. The zero-order chi connectivity index (χ0) is 31.6. The number of anilines is 2. The number of ether oxygens (including phenoxy) is 1. The van der Waals surface area contributed by atoms with Gasteiger partial charge in [-0.1, -0.05) is 12.1 Å². The largest absolute Gasteiger partial charge is 0.437 e. The molecule has 0 aliphatic carbocycles. The Hall–Kier alpha value is -4.11. The molecule has 1 fully saturated rings. The van der Waals surface area contributed by atoms with Gasteiger partial charge in [0.1, 0.15) is 23.6 Å². The third-order valence-corrected chi connectivity index (χ3v) is 8.26. The van der Waals surface area contributed by atoms with Crippen LogP contribution >= 0.6 is 0 Å². The number of sulfonamides is 1. The normalized spacial score (nSPS) is 17.4. The number of aryl methyl sites for hydroxylation is 2. The van der Waals surface area contributed by atoms with Crippen LogP contribution in [0.25, 0.3) is 22.0 Å². The lowest BCUT2D eigenvalue weighted by Crippen LogP contribution is -2.44. The van der Waals surface area contributed by atoms with E-state index in [0.29, 0.717) is 54.5 Å². The maximum atomic E-state index is 15.0. The Bertz CT molecular complexity index is 1790. The first-order valence-corrected chi connectivity index (χ1v) is 15.5. The molecule has 2 atom stereocenters. The molecule has 2 aromatic heterocycles. The number of benzene rings is 2. The Labute approximate surface area is 251 Å². The van der Waals surface area contributed by atoms with Gasteiger partial charge in [-0.2, -0.15) is 4.98 Å². The molecule has 15 heteroatoms. The summed E-state index contributed by atoms with van der Waals surface area (Å²) in [6.45, 7) is 4.89. The highest BCUT2D eigenvalue weighted by atomic mass is 32.2. The minimum atomic E-state index is -4.31. The molecule has 5 rings (SSSR count). The fourth-order valence-corrected chi connectivity index (χ4v) is 6.03. The fourth-order valence-electron chi connectivity index (χ4n) is 4.78. The number of halogens is 4. The van der Waals surface area contributed by atoms with E-state index in [1.807, 2.05) is 0 Å². The molecular weight excluding hydrogens is 602 g/mol. The minimum absolute atomic E-state index is 0.123. The van der Waals surface area contributed by atoms with Crippen LogP contribution < -0.4 is 20.1 Å². The van der Waals surface area contributed by atoms with E-state index in [9.17, 15) is 26.0 Å². The number of hydrogen-bond donors (Lipinski definition) is 3. The fraction of sp³-hybridized carbons (Fsp3) is 0.379. The smallest absolute Gasteiger partial charge is 0.246 e. The molecule has 0 bridgehead atoms.